The monoisotopic (exact) mass is 489 g/mol. The third kappa shape index (κ3) is 6.28. The molecule has 9 nitrogen and oxygen atoms in total. The first-order valence-electron chi connectivity index (χ1n) is 8.59. The Bertz CT molecular complexity index is 851. The van der Waals surface area contributed by atoms with Crippen molar-refractivity contribution in [3.05, 3.63) is 43.9 Å². The molecule has 0 saturated heterocycles. The van der Waals surface area contributed by atoms with Crippen LogP contribution in [0.5, 0.6) is 5.75 Å². The van der Waals surface area contributed by atoms with Gasteiger partial charge in [0, 0.05) is 10.6 Å². The van der Waals surface area contributed by atoms with E-state index in [4.69, 9.17) is 37.4 Å². The molecule has 2 atom stereocenters. The second-order valence-corrected chi connectivity index (χ2v) is 6.90. The zero-order valence-electron chi connectivity index (χ0n) is 15.8. The summed E-state index contributed by atoms with van der Waals surface area (Å²) in [4.78, 5) is 25.7. The Balaban J connectivity index is 1.98. The highest BCUT2D eigenvalue weighted by Crippen LogP contribution is 2.47. The lowest BCUT2D eigenvalue weighted by Crippen LogP contribution is -2.58. The van der Waals surface area contributed by atoms with Crippen molar-refractivity contribution < 1.29 is 46.8 Å². The molecule has 0 aliphatic carbocycles. The van der Waals surface area contributed by atoms with Crippen LogP contribution in [0.2, 0.25) is 10.0 Å². The normalized spacial score (nSPS) is 18.5. The number of carbonyl (C=O) groups excluding carboxylic acids is 1. The second kappa shape index (κ2) is 10.2. The highest BCUT2D eigenvalue weighted by Gasteiger charge is 2.62. The summed E-state index contributed by atoms with van der Waals surface area (Å²) in [6.45, 7) is -0.0569. The average molecular weight is 490 g/mol. The maximum absolute atomic E-state index is 13.9. The highest BCUT2D eigenvalue weighted by molar-refractivity contribution is 6.36. The van der Waals surface area contributed by atoms with Crippen LogP contribution in [-0.4, -0.2) is 55.6 Å². The molecule has 0 fully saturated rings. The molecule has 0 aromatic heterocycles. The maximum atomic E-state index is 13.9. The van der Waals surface area contributed by atoms with Crippen molar-refractivity contribution in [1.29, 1.82) is 0 Å². The number of nitrogens with zero attached hydrogens (tertiary/aromatic N) is 1. The quantitative estimate of drug-likeness (QED) is 0.216. The van der Waals surface area contributed by atoms with Crippen molar-refractivity contribution in [3.8, 4) is 5.75 Å². The molecule has 1 unspecified atom stereocenters. The van der Waals surface area contributed by atoms with Crippen LogP contribution >= 0.6 is 23.2 Å². The van der Waals surface area contributed by atoms with E-state index < -0.39 is 29.1 Å². The molecule has 31 heavy (non-hydrogen) atoms. The Morgan fingerprint density at radius 3 is 2.58 bits per heavy atom. The molecule has 0 N–H and O–H groups in total. The lowest BCUT2D eigenvalue weighted by molar-refractivity contribution is -0.758. The first kappa shape index (κ1) is 24.8. The molecule has 14 heteroatoms. The summed E-state index contributed by atoms with van der Waals surface area (Å²) in [5, 5.41) is 9.00. The van der Waals surface area contributed by atoms with Crippen LogP contribution in [-0.2, 0) is 19.0 Å². The third-order valence-electron chi connectivity index (χ3n) is 4.01. The predicted molar refractivity (Wildman–Crippen MR) is 101 cm³/mol. The fourth-order valence-electron chi connectivity index (χ4n) is 2.55. The average Bonchev–Trinajstić information content (AvgIpc) is 2.65. The fraction of sp³-hybridized carbons (Fsp3) is 0.471. The molecule has 1 aromatic rings. The molecule has 1 aliphatic heterocycles. The maximum Gasteiger partial charge on any atom is 0.508 e. The Hall–Kier alpha value is -2.44. The minimum absolute atomic E-state index is 0.145. The molecular formula is C17H16Cl2F3NO8. The van der Waals surface area contributed by atoms with Gasteiger partial charge in [0.2, 0.25) is 0 Å². The number of rotatable bonds is 9. The van der Waals surface area contributed by atoms with Gasteiger partial charge < -0.3 is 23.8 Å². The van der Waals surface area contributed by atoms with Crippen molar-refractivity contribution in [1.82, 2.24) is 0 Å². The summed E-state index contributed by atoms with van der Waals surface area (Å²) in [7, 11) is 0. The zero-order chi connectivity index (χ0) is 23.2. The first-order chi connectivity index (χ1) is 14.5. The number of fused-ring (bicyclic) bond motifs is 1. The van der Waals surface area contributed by atoms with Gasteiger partial charge in [0.25, 0.3) is 10.7 Å². The van der Waals surface area contributed by atoms with E-state index in [1.807, 2.05) is 0 Å². The number of ether oxygens (including phenoxy) is 4. The van der Waals surface area contributed by atoms with Crippen molar-refractivity contribution >= 4 is 35.4 Å². The predicted octanol–water partition coefficient (Wildman–Crippen LogP) is 4.47. The van der Waals surface area contributed by atoms with E-state index in [0.717, 1.165) is 13.0 Å². The number of halogens is 5. The van der Waals surface area contributed by atoms with E-state index >= 15 is 0 Å². The number of benzene rings is 1. The summed E-state index contributed by atoms with van der Waals surface area (Å²) in [5.41, 5.74) is -2.79. The van der Waals surface area contributed by atoms with Crippen molar-refractivity contribution in [3.63, 3.8) is 0 Å². The van der Waals surface area contributed by atoms with E-state index in [1.165, 1.54) is 12.1 Å². The van der Waals surface area contributed by atoms with E-state index in [9.17, 15) is 28.1 Å². The molecule has 1 aliphatic rings. The molecule has 1 heterocycles. The first-order valence-corrected chi connectivity index (χ1v) is 9.34. The number of carbonyl (C=O) groups is 1. The van der Waals surface area contributed by atoms with Gasteiger partial charge in [-0.15, -0.1) is 10.1 Å². The Morgan fingerprint density at radius 1 is 1.26 bits per heavy atom. The van der Waals surface area contributed by atoms with E-state index in [2.05, 4.69) is 9.57 Å². The number of hydrogen-bond donors (Lipinski definition) is 0. The Labute approximate surface area is 183 Å². The van der Waals surface area contributed by atoms with Crippen LogP contribution < -0.4 is 4.74 Å². The van der Waals surface area contributed by atoms with Crippen molar-refractivity contribution in [2.75, 3.05) is 26.4 Å². The molecule has 0 saturated carbocycles. The number of hydrogen-bond acceptors (Lipinski definition) is 8. The summed E-state index contributed by atoms with van der Waals surface area (Å²) in [5.74, 6) is -0.264. The molecule has 0 bridgehead atoms. The van der Waals surface area contributed by atoms with Gasteiger partial charge in [0.05, 0.1) is 18.2 Å². The summed E-state index contributed by atoms with van der Waals surface area (Å²) >= 11 is 11.8. The van der Waals surface area contributed by atoms with Crippen LogP contribution in [0.3, 0.4) is 0 Å². The van der Waals surface area contributed by atoms with E-state index in [-0.39, 0.29) is 47.8 Å². The highest BCUT2D eigenvalue weighted by atomic mass is 35.5. The van der Waals surface area contributed by atoms with Gasteiger partial charge in [0.1, 0.15) is 19.0 Å². The standard InChI is InChI=1S/C17H16Cl2F3NO8/c1-10(30-15(24)28-6-4-27-5-7-29-23(25)26)16(17(20,21)22)3-2-11-8-12(18)9-13(19)14(11)31-16/h2-3,8-10H,4-7H2,1H3/t10?,16-/m0/s1. The van der Waals surface area contributed by atoms with E-state index in [1.54, 1.807) is 0 Å². The number of alkyl halides is 3. The molecular weight excluding hydrogens is 474 g/mol. The van der Waals surface area contributed by atoms with Crippen LogP contribution in [0.15, 0.2) is 18.2 Å². The third-order valence-corrected chi connectivity index (χ3v) is 4.51. The Morgan fingerprint density at radius 2 is 1.94 bits per heavy atom. The largest absolute Gasteiger partial charge is 0.508 e. The topological polar surface area (TPSA) is 106 Å². The van der Waals surface area contributed by atoms with Gasteiger partial charge in [-0.1, -0.05) is 29.3 Å². The van der Waals surface area contributed by atoms with Gasteiger partial charge >= 0.3 is 12.3 Å². The fourth-order valence-corrected chi connectivity index (χ4v) is 3.10. The molecule has 0 spiro atoms. The Kier molecular flexibility index (Phi) is 8.21. The van der Waals surface area contributed by atoms with Gasteiger partial charge in [0.15, 0.2) is 6.10 Å². The summed E-state index contributed by atoms with van der Waals surface area (Å²) in [6.07, 6.45) is -6.41. The van der Waals surface area contributed by atoms with Gasteiger partial charge in [-0.2, -0.15) is 13.2 Å². The zero-order valence-corrected chi connectivity index (χ0v) is 17.3. The summed E-state index contributed by atoms with van der Waals surface area (Å²) in [6, 6.07) is 2.59. The minimum Gasteiger partial charge on any atom is -0.467 e. The molecule has 0 radical (unpaired) electrons. The molecule has 2 rings (SSSR count). The summed E-state index contributed by atoms with van der Waals surface area (Å²) < 4.78 is 61.3. The van der Waals surface area contributed by atoms with Crippen molar-refractivity contribution in [2.24, 2.45) is 0 Å². The lowest BCUT2D eigenvalue weighted by Gasteiger charge is -2.39. The SMILES string of the molecule is CC(OC(=O)OCCOCCO[N+](=O)[O-])[C@]1(C(F)(F)F)C=Cc2cc(Cl)cc(Cl)c2O1. The van der Waals surface area contributed by atoms with E-state index in [0.29, 0.717) is 6.08 Å². The smallest absolute Gasteiger partial charge is 0.467 e. The van der Waals surface area contributed by atoms with Gasteiger partial charge in [-0.3, -0.25) is 0 Å². The van der Waals surface area contributed by atoms with Crippen molar-refractivity contribution in [2.45, 2.75) is 24.8 Å². The van der Waals surface area contributed by atoms with Gasteiger partial charge in [-0.25, -0.2) is 4.79 Å². The molecule has 0 amide bonds. The van der Waals surface area contributed by atoms with Crippen LogP contribution in [0.4, 0.5) is 18.0 Å². The second-order valence-electron chi connectivity index (χ2n) is 6.06. The lowest BCUT2D eigenvalue weighted by atomic mass is 9.92. The van der Waals surface area contributed by atoms with Gasteiger partial charge in [-0.05, 0) is 25.1 Å². The minimum atomic E-state index is -4.98. The van der Waals surface area contributed by atoms with Crippen LogP contribution in [0, 0.1) is 10.1 Å². The van der Waals surface area contributed by atoms with Crippen LogP contribution in [0.1, 0.15) is 12.5 Å². The van der Waals surface area contributed by atoms with Crippen LogP contribution in [0.25, 0.3) is 6.08 Å². The molecule has 172 valence electrons. The molecule has 1 aromatic carbocycles.